The summed E-state index contributed by atoms with van der Waals surface area (Å²) in [5.74, 6) is 0.207. The van der Waals surface area contributed by atoms with Gasteiger partial charge in [0.05, 0.1) is 23.2 Å². The van der Waals surface area contributed by atoms with Crippen LogP contribution in [0.25, 0.3) is 0 Å². The third-order valence-electron chi connectivity index (χ3n) is 6.06. The first kappa shape index (κ1) is 25.1. The predicted molar refractivity (Wildman–Crippen MR) is 139 cm³/mol. The Morgan fingerprint density at radius 3 is 2.60 bits per heavy atom. The minimum Gasteiger partial charge on any atom is -0.490 e. The van der Waals surface area contributed by atoms with Crippen LogP contribution in [0.5, 0.6) is 11.5 Å². The minimum atomic E-state index is -0.710. The summed E-state index contributed by atoms with van der Waals surface area (Å²) < 4.78 is 23.6. The average molecular weight is 589 g/mol. The second-order valence-corrected chi connectivity index (χ2v) is 9.62. The number of carbonyl (C=O) groups excluding carboxylic acids is 2. The van der Waals surface area contributed by atoms with E-state index in [9.17, 15) is 9.59 Å². The Kier molecular flexibility index (Phi) is 7.69. The Hall–Kier alpha value is -3.01. The fourth-order valence-corrected chi connectivity index (χ4v) is 5.18. The number of rotatable bonds is 7. The fraction of sp³-hybridized carbons (Fsp3) is 0.333. The molecule has 2 aromatic carbocycles. The lowest BCUT2D eigenvalue weighted by molar-refractivity contribution is -0.136. The molecule has 1 aliphatic heterocycles. The zero-order valence-corrected chi connectivity index (χ0v) is 22.1. The highest BCUT2D eigenvalue weighted by atomic mass is 127. The lowest BCUT2D eigenvalue weighted by atomic mass is 9.77. The molecule has 184 valence electrons. The summed E-state index contributed by atoms with van der Waals surface area (Å²) in [6.45, 7) is 4.72. The van der Waals surface area contributed by atoms with E-state index in [4.69, 9.17) is 24.7 Å². The monoisotopic (exact) mass is 589 g/mol. The molecule has 1 atom stereocenters. The van der Waals surface area contributed by atoms with E-state index in [2.05, 4.69) is 22.6 Å². The van der Waals surface area contributed by atoms with Crippen LogP contribution >= 0.6 is 22.6 Å². The molecule has 0 amide bonds. The summed E-state index contributed by atoms with van der Waals surface area (Å²) in [6, 6.07) is 11.8. The number of ether oxygens (including phenoxy) is 4. The van der Waals surface area contributed by atoms with E-state index in [1.807, 2.05) is 50.2 Å². The van der Waals surface area contributed by atoms with Gasteiger partial charge in [-0.05, 0) is 66.1 Å². The molecule has 1 heterocycles. The molecule has 2 aromatic rings. The van der Waals surface area contributed by atoms with Crippen molar-refractivity contribution in [3.63, 3.8) is 0 Å². The summed E-state index contributed by atoms with van der Waals surface area (Å²) >= 11 is 2.19. The number of carbonyl (C=O) groups is 2. The van der Waals surface area contributed by atoms with Gasteiger partial charge in [0.1, 0.15) is 17.9 Å². The number of ketones is 1. The summed E-state index contributed by atoms with van der Waals surface area (Å²) in [6.07, 6.45) is 1.65. The first-order chi connectivity index (χ1) is 16.8. The number of allylic oxidation sites excluding steroid dienone is 2. The van der Waals surface area contributed by atoms with Gasteiger partial charge in [-0.3, -0.25) is 4.79 Å². The van der Waals surface area contributed by atoms with Crippen molar-refractivity contribution in [1.82, 2.24) is 0 Å². The van der Waals surface area contributed by atoms with Crippen molar-refractivity contribution in [2.75, 3.05) is 13.7 Å². The number of halogens is 1. The maximum absolute atomic E-state index is 13.0. The Morgan fingerprint density at radius 1 is 1.17 bits per heavy atom. The van der Waals surface area contributed by atoms with E-state index in [1.54, 1.807) is 0 Å². The molecule has 7 nitrogen and oxygen atoms in total. The number of Topliss-reactive ketones (excluding diaryl/α,β-unsaturated/α-hetero) is 1. The van der Waals surface area contributed by atoms with Crippen molar-refractivity contribution >= 4 is 34.3 Å². The van der Waals surface area contributed by atoms with Gasteiger partial charge >= 0.3 is 5.97 Å². The highest BCUT2D eigenvalue weighted by Gasteiger charge is 2.41. The molecule has 0 saturated heterocycles. The number of hydrogen-bond donors (Lipinski definition) is 1. The maximum atomic E-state index is 13.0. The smallest absolute Gasteiger partial charge is 0.340 e. The molecule has 0 spiro atoms. The molecular formula is C27H28INO6. The van der Waals surface area contributed by atoms with E-state index in [-0.39, 0.29) is 17.2 Å². The van der Waals surface area contributed by atoms with Gasteiger partial charge < -0.3 is 24.7 Å². The van der Waals surface area contributed by atoms with Crippen LogP contribution < -0.4 is 15.2 Å². The Balaban J connectivity index is 1.78. The Labute approximate surface area is 218 Å². The van der Waals surface area contributed by atoms with Gasteiger partial charge in [-0.1, -0.05) is 29.8 Å². The third-order valence-corrected chi connectivity index (χ3v) is 6.86. The summed E-state index contributed by atoms with van der Waals surface area (Å²) in [5, 5.41) is 0. The molecule has 35 heavy (non-hydrogen) atoms. The maximum Gasteiger partial charge on any atom is 0.340 e. The van der Waals surface area contributed by atoms with Crippen LogP contribution in [-0.2, 0) is 25.7 Å². The van der Waals surface area contributed by atoms with Gasteiger partial charge in [-0.2, -0.15) is 0 Å². The highest BCUT2D eigenvalue weighted by molar-refractivity contribution is 14.1. The van der Waals surface area contributed by atoms with Gasteiger partial charge in [0.2, 0.25) is 5.88 Å². The van der Waals surface area contributed by atoms with Crippen molar-refractivity contribution < 1.29 is 28.5 Å². The largest absolute Gasteiger partial charge is 0.490 e. The average Bonchev–Trinajstić information content (AvgIpc) is 2.83. The van der Waals surface area contributed by atoms with Crippen molar-refractivity contribution in [2.45, 2.75) is 45.6 Å². The number of aryl methyl sites for hydroxylation is 1. The molecule has 0 bridgehead atoms. The molecule has 0 unspecified atom stereocenters. The minimum absolute atomic E-state index is 0.0389. The summed E-state index contributed by atoms with van der Waals surface area (Å²) in [5.41, 5.74) is 9.66. The molecule has 2 aliphatic rings. The molecule has 0 radical (unpaired) electrons. The SMILES string of the molecule is CCOc1cc([C@H]2C(C(=O)OC)=C(N)OC3=C2C(=O)CCC3)cc(I)c1OCc1ccc(C)cc1. The quantitative estimate of drug-likeness (QED) is 0.357. The zero-order valence-electron chi connectivity index (χ0n) is 20.0. The normalized spacial score (nSPS) is 17.6. The van der Waals surface area contributed by atoms with E-state index in [0.717, 1.165) is 9.13 Å². The van der Waals surface area contributed by atoms with E-state index < -0.39 is 11.9 Å². The third kappa shape index (κ3) is 5.17. The van der Waals surface area contributed by atoms with Crippen molar-refractivity contribution in [2.24, 2.45) is 5.73 Å². The van der Waals surface area contributed by atoms with Crippen LogP contribution in [0.4, 0.5) is 0 Å². The molecule has 0 fully saturated rings. The van der Waals surface area contributed by atoms with Crippen LogP contribution in [0.1, 0.15) is 48.8 Å². The first-order valence-corrected chi connectivity index (χ1v) is 12.6. The van der Waals surface area contributed by atoms with Crippen molar-refractivity contribution in [1.29, 1.82) is 0 Å². The van der Waals surface area contributed by atoms with Crippen LogP contribution in [0.2, 0.25) is 0 Å². The van der Waals surface area contributed by atoms with Crippen LogP contribution in [0.3, 0.4) is 0 Å². The van der Waals surface area contributed by atoms with Gasteiger partial charge in [0.15, 0.2) is 17.3 Å². The van der Waals surface area contributed by atoms with Crippen molar-refractivity contribution in [3.05, 3.63) is 79.4 Å². The summed E-state index contributed by atoms with van der Waals surface area (Å²) in [7, 11) is 1.28. The number of methoxy groups -OCH3 is 1. The van der Waals surface area contributed by atoms with Gasteiger partial charge in [0.25, 0.3) is 0 Å². The Bertz CT molecular complexity index is 1210. The number of hydrogen-bond acceptors (Lipinski definition) is 7. The Morgan fingerprint density at radius 2 is 1.91 bits per heavy atom. The zero-order chi connectivity index (χ0) is 25.1. The topological polar surface area (TPSA) is 97.1 Å². The van der Waals surface area contributed by atoms with Crippen LogP contribution in [0, 0.1) is 10.5 Å². The standard InChI is InChI=1S/C27H28INO6/c1-4-33-21-13-17(12-18(28)25(21)34-14-16-10-8-15(2)9-11-16)22-23-19(30)6-5-7-20(23)35-26(29)24(22)27(31)32-3/h8-13,22H,4-7,14,29H2,1-3H3/t22-/m1/s1. The summed E-state index contributed by atoms with van der Waals surface area (Å²) in [4.78, 5) is 25.8. The molecular weight excluding hydrogens is 561 g/mol. The van der Waals surface area contributed by atoms with Gasteiger partial charge in [0, 0.05) is 18.4 Å². The first-order valence-electron chi connectivity index (χ1n) is 11.5. The predicted octanol–water partition coefficient (Wildman–Crippen LogP) is 5.04. The van der Waals surface area contributed by atoms with E-state index in [1.165, 1.54) is 12.7 Å². The van der Waals surface area contributed by atoms with Gasteiger partial charge in [-0.25, -0.2) is 4.79 Å². The molecule has 4 rings (SSSR count). The van der Waals surface area contributed by atoms with Crippen LogP contribution in [0.15, 0.2) is 59.2 Å². The lowest BCUT2D eigenvalue weighted by Gasteiger charge is -2.32. The van der Waals surface area contributed by atoms with E-state index >= 15 is 0 Å². The molecule has 0 aromatic heterocycles. The highest BCUT2D eigenvalue weighted by Crippen LogP contribution is 2.46. The van der Waals surface area contributed by atoms with Crippen molar-refractivity contribution in [3.8, 4) is 11.5 Å². The van der Waals surface area contributed by atoms with Crippen LogP contribution in [-0.4, -0.2) is 25.5 Å². The van der Waals surface area contributed by atoms with E-state index in [0.29, 0.717) is 60.9 Å². The molecule has 8 heteroatoms. The molecule has 0 saturated carbocycles. The second kappa shape index (κ2) is 10.7. The van der Waals surface area contributed by atoms with Gasteiger partial charge in [-0.15, -0.1) is 0 Å². The fourth-order valence-electron chi connectivity index (χ4n) is 4.40. The number of benzene rings is 2. The lowest BCUT2D eigenvalue weighted by Crippen LogP contribution is -2.31. The second-order valence-electron chi connectivity index (χ2n) is 8.46. The number of nitrogens with two attached hydrogens (primary N) is 1. The number of esters is 1. The molecule has 1 aliphatic carbocycles. The molecule has 2 N–H and O–H groups in total.